The summed E-state index contributed by atoms with van der Waals surface area (Å²) in [4.78, 5) is 86.3. The predicted octanol–water partition coefficient (Wildman–Crippen LogP) is 8.11. The average Bonchev–Trinajstić information content (AvgIpc) is 1.75. The number of aliphatic hydroxyl groups excluding tert-OH is 1. The van der Waals surface area contributed by atoms with Gasteiger partial charge in [-0.05, 0) is 100 Å². The monoisotopic (exact) mass is 1230 g/mol. The molecule has 4 aromatic heterocycles. The van der Waals surface area contributed by atoms with Crippen LogP contribution in [0.5, 0.6) is 6.01 Å². The highest BCUT2D eigenvalue weighted by Gasteiger charge is 2.40. The number of amides is 3. The Kier molecular flexibility index (Phi) is 18.5. The number of nitrogens with two attached hydrogens (primary N) is 2. The Bertz CT molecular complexity index is 3810. The number of rotatable bonds is 10. The summed E-state index contributed by atoms with van der Waals surface area (Å²) in [6, 6.07) is 6.40. The summed E-state index contributed by atoms with van der Waals surface area (Å²) in [6.07, 6.45) is -2.10. The zero-order valence-corrected chi connectivity index (χ0v) is 49.5. The Morgan fingerprint density at radius 3 is 2.28 bits per heavy atom. The molecule has 87 heavy (non-hydrogen) atoms. The van der Waals surface area contributed by atoms with Crippen LogP contribution in [0.4, 0.5) is 48.9 Å². The standard InChI is InChI=1S/C35H41ClF4N8O4.C21H18FN3O4.C3H7NO2/c1-19-14-25(41)42-30(27(19)35(38,39)40)26-24(36)15-23-29(28(26)37)43-33(51-18-22-8-7-9-45(22)4)44-31(23)48-13-12-47(16-21(48)3)32(49)20(2)17-52-34(50)46-10-5-6-11-46;1-2-9-10-4-18-19-12(6-25(18)20(27)14(10)8-29-21(9)28)13(7-26)11-3-16(23)15(22)5-17(11)24-19;1-4(2)3(5)6/h14-15,21-22H,2,5-13,16-18H2,1,3-4H3,(H2,41,42);3-5,9,26H,2,6-8,23H2,1H3;1-2H3,(H,5,6)/t21-,22?;;/m0../s1. The summed E-state index contributed by atoms with van der Waals surface area (Å²) in [5.41, 5.74) is 12.1. The molecule has 6 N–H and O–H groups in total. The molecule has 0 saturated carbocycles. The molecule has 2 unspecified atom stereocenters. The number of aryl methyl sites for hydroxylation is 1. The van der Waals surface area contributed by atoms with Crippen LogP contribution in [0.25, 0.3) is 44.5 Å². The number of alkyl halides is 3. The number of halogens is 6. The Balaban J connectivity index is 0.000000215. The van der Waals surface area contributed by atoms with E-state index < -0.39 is 52.7 Å². The van der Waals surface area contributed by atoms with Crippen molar-refractivity contribution in [3.63, 3.8) is 0 Å². The number of hydrogen-bond donors (Lipinski definition) is 4. The number of cyclic esters (lactones) is 1. The van der Waals surface area contributed by atoms with Gasteiger partial charge in [-0.15, -0.1) is 0 Å². The molecule has 2 aromatic carbocycles. The molecule has 0 bridgehead atoms. The molecule has 3 amide bonds. The number of esters is 1. The van der Waals surface area contributed by atoms with Crippen molar-refractivity contribution in [2.45, 2.75) is 96.8 Å². The number of anilines is 3. The van der Waals surface area contributed by atoms with Crippen molar-refractivity contribution in [2.24, 2.45) is 0 Å². The Hall–Kier alpha value is -8.43. The number of ether oxygens (including phenoxy) is 3. The fraction of sp³-hybridized carbons (Fsp3) is 0.441. The average molecular weight is 1230 g/mol. The lowest BCUT2D eigenvalue weighted by atomic mass is 9.90. The zero-order chi connectivity index (χ0) is 63.1. The molecule has 3 atom stereocenters. The van der Waals surface area contributed by atoms with Gasteiger partial charge in [-0.25, -0.2) is 28.3 Å². The molecule has 0 radical (unpaired) electrons. The van der Waals surface area contributed by atoms with Crippen LogP contribution in [0.15, 0.2) is 47.3 Å². The summed E-state index contributed by atoms with van der Waals surface area (Å²) >= 11 is 6.61. The van der Waals surface area contributed by atoms with Crippen LogP contribution in [-0.4, -0.2) is 164 Å². The first kappa shape index (κ1) is 63.1. The number of fused-ring (bicyclic) bond motifs is 6. The molecule has 464 valence electrons. The van der Waals surface area contributed by atoms with Crippen molar-refractivity contribution in [2.75, 3.05) is 90.0 Å². The lowest BCUT2D eigenvalue weighted by molar-refractivity contribution is -0.148. The fourth-order valence-electron chi connectivity index (χ4n) is 11.5. The number of hydrogen-bond acceptors (Lipinski definition) is 17. The van der Waals surface area contributed by atoms with Crippen LogP contribution < -0.4 is 26.7 Å². The van der Waals surface area contributed by atoms with Crippen LogP contribution >= 0.6 is 11.6 Å². The smallest absolute Gasteiger partial charge is 0.418 e. The summed E-state index contributed by atoms with van der Waals surface area (Å²) in [5.74, 6) is -2.96. The van der Waals surface area contributed by atoms with Gasteiger partial charge in [0.2, 0.25) is 0 Å². The van der Waals surface area contributed by atoms with E-state index in [1.807, 2.05) is 31.9 Å². The fourth-order valence-corrected chi connectivity index (χ4v) is 11.8. The molecule has 11 rings (SSSR count). The van der Waals surface area contributed by atoms with Gasteiger partial charge in [0.25, 0.3) is 11.5 Å². The molecule has 5 aliphatic heterocycles. The number of benzene rings is 2. The summed E-state index contributed by atoms with van der Waals surface area (Å²) in [7, 11) is 4.92. The van der Waals surface area contributed by atoms with Crippen LogP contribution in [0.2, 0.25) is 5.02 Å². The van der Waals surface area contributed by atoms with Crippen molar-refractivity contribution in [1.29, 1.82) is 0 Å². The first-order valence-corrected chi connectivity index (χ1v) is 28.5. The Morgan fingerprint density at radius 1 is 0.931 bits per heavy atom. The number of aromatic nitrogens is 5. The van der Waals surface area contributed by atoms with Gasteiger partial charge < -0.3 is 65.0 Å². The van der Waals surface area contributed by atoms with E-state index in [0.29, 0.717) is 64.1 Å². The summed E-state index contributed by atoms with van der Waals surface area (Å²) in [6.45, 7) is 11.4. The lowest BCUT2D eigenvalue weighted by Gasteiger charge is -2.41. The van der Waals surface area contributed by atoms with Crippen molar-refractivity contribution in [3.8, 4) is 28.7 Å². The Labute approximate surface area is 501 Å². The number of likely N-dealkylation sites (N-methyl/N-ethyl adjacent to an activating group) is 1. The highest BCUT2D eigenvalue weighted by molar-refractivity contribution is 6.34. The first-order chi connectivity index (χ1) is 41.2. The topological polar surface area (TPSA) is 278 Å². The number of nitrogen functional groups attached to an aromatic ring is 2. The molecule has 28 heteroatoms. The number of piperazine rings is 1. The molecular weight excluding hydrogens is 1170 g/mol. The quantitative estimate of drug-likeness (QED) is 0.0435. The zero-order valence-electron chi connectivity index (χ0n) is 48.7. The molecule has 22 nitrogen and oxygen atoms in total. The number of carbonyl (C=O) groups excluding carboxylic acids is 3. The van der Waals surface area contributed by atoms with Crippen LogP contribution in [-0.2, 0) is 45.0 Å². The molecule has 3 saturated heterocycles. The molecule has 9 heterocycles. The number of aliphatic hydroxyl groups is 1. The maximum absolute atomic E-state index is 16.8. The first-order valence-electron chi connectivity index (χ1n) is 28.1. The van der Waals surface area contributed by atoms with Gasteiger partial charge in [0.15, 0.2) is 5.82 Å². The number of carboxylic acid groups (broad SMARTS) is 1. The van der Waals surface area contributed by atoms with Crippen LogP contribution in [0.3, 0.4) is 0 Å². The second-order valence-corrected chi connectivity index (χ2v) is 22.6. The van der Waals surface area contributed by atoms with E-state index in [2.05, 4.69) is 31.4 Å². The highest BCUT2D eigenvalue weighted by Crippen LogP contribution is 2.46. The van der Waals surface area contributed by atoms with E-state index in [9.17, 15) is 46.6 Å². The van der Waals surface area contributed by atoms with Crippen LogP contribution in [0, 0.1) is 18.6 Å². The third kappa shape index (κ3) is 12.7. The van der Waals surface area contributed by atoms with Gasteiger partial charge in [0.05, 0.1) is 69.1 Å². The molecule has 0 aliphatic carbocycles. The normalized spacial score (nSPS) is 18.1. The van der Waals surface area contributed by atoms with Crippen molar-refractivity contribution >= 4 is 74.8 Å². The number of pyridine rings is 3. The van der Waals surface area contributed by atoms with E-state index in [1.165, 1.54) is 39.2 Å². The highest BCUT2D eigenvalue weighted by atomic mass is 35.5. The van der Waals surface area contributed by atoms with Crippen LogP contribution in [0.1, 0.15) is 85.3 Å². The third-order valence-corrected chi connectivity index (χ3v) is 16.5. The lowest BCUT2D eigenvalue weighted by Crippen LogP contribution is -2.54. The largest absolute Gasteiger partial charge is 0.465 e. The van der Waals surface area contributed by atoms with Gasteiger partial charge in [0.1, 0.15) is 42.8 Å². The number of carbonyl (C=O) groups is 4. The number of likely N-dealkylation sites (tertiary alicyclic amines) is 2. The van der Waals surface area contributed by atoms with Crippen molar-refractivity contribution < 1.29 is 65.6 Å². The second-order valence-electron chi connectivity index (χ2n) is 22.2. The van der Waals surface area contributed by atoms with Gasteiger partial charge in [0, 0.05) is 86.9 Å². The predicted molar refractivity (Wildman–Crippen MR) is 313 cm³/mol. The second kappa shape index (κ2) is 25.5. The maximum Gasteiger partial charge on any atom is 0.418 e. The molecule has 6 aromatic rings. The third-order valence-electron chi connectivity index (χ3n) is 16.2. The van der Waals surface area contributed by atoms with Crippen molar-refractivity contribution in [1.82, 2.24) is 44.1 Å². The molecule has 3 fully saturated rings. The molecule has 5 aliphatic rings. The minimum absolute atomic E-state index is 0.0291. The van der Waals surface area contributed by atoms with Gasteiger partial charge >= 0.3 is 30.3 Å². The van der Waals surface area contributed by atoms with E-state index in [-0.39, 0.29) is 133 Å². The minimum atomic E-state index is -4.89. The van der Waals surface area contributed by atoms with E-state index in [1.54, 1.807) is 14.4 Å². The molecule has 0 spiro atoms. The summed E-state index contributed by atoms with van der Waals surface area (Å²) < 4.78 is 91.9. The van der Waals surface area contributed by atoms with Crippen molar-refractivity contribution in [3.05, 3.63) is 103 Å². The Morgan fingerprint density at radius 2 is 1.64 bits per heavy atom. The molecular formula is C59H66ClF5N12O10. The minimum Gasteiger partial charge on any atom is -0.465 e. The SMILES string of the molecule is C=C(COC(=O)N1CCCC1)C(=O)N1CCN(c2nc(OCC3CCCN3C)nc3c(F)c(-c4nc(N)cc(C)c4C(F)(F)F)c(Cl)cc23)[C@@H](C)C1.CCC1C(=O)OCc2c1cc1n(c2=O)Cc2c-1nc1cc(F)c(N)cc1c2CO.CN(C)C(=O)O. The van der Waals surface area contributed by atoms with Gasteiger partial charge in [-0.1, -0.05) is 25.1 Å². The maximum atomic E-state index is 16.8. The van der Waals surface area contributed by atoms with E-state index in [4.69, 9.17) is 42.4 Å². The van der Waals surface area contributed by atoms with E-state index >= 15 is 4.39 Å². The van der Waals surface area contributed by atoms with E-state index in [0.717, 1.165) is 43.2 Å². The van der Waals surface area contributed by atoms with Gasteiger partial charge in [-0.3, -0.25) is 14.4 Å². The van der Waals surface area contributed by atoms with Gasteiger partial charge in [-0.2, -0.15) is 23.1 Å². The summed E-state index contributed by atoms with van der Waals surface area (Å²) in [5, 5.41) is 18.3. The number of nitrogens with zero attached hydrogens (tertiary/aromatic N) is 10.